The topological polar surface area (TPSA) is 279 Å². The van der Waals surface area contributed by atoms with Gasteiger partial charge in [0.25, 0.3) is 5.91 Å². The molecule has 464 valence electrons. The molecule has 0 aromatic carbocycles. The summed E-state index contributed by atoms with van der Waals surface area (Å²) in [4.78, 5) is 163. The summed E-state index contributed by atoms with van der Waals surface area (Å²) in [6.07, 6.45) is -5.60. The average Bonchev–Trinajstić information content (AvgIpc) is 3.37. The number of alkyl halides is 3. The second-order valence-electron chi connectivity index (χ2n) is 24.1. The van der Waals surface area contributed by atoms with Crippen LogP contribution in [0.1, 0.15) is 129 Å². The molecule has 0 spiro atoms. The number of urea groups is 1. The minimum absolute atomic E-state index is 0.0408. The van der Waals surface area contributed by atoms with Crippen LogP contribution in [0.25, 0.3) is 0 Å². The minimum atomic E-state index is -5.59. The monoisotopic (exact) mass is 1160 g/mol. The lowest BCUT2D eigenvalue weighted by molar-refractivity contribution is -0.177. The van der Waals surface area contributed by atoms with Crippen molar-refractivity contribution in [2.45, 2.75) is 196 Å². The first-order chi connectivity index (χ1) is 37.1. The molecule has 0 saturated carbocycles. The van der Waals surface area contributed by atoms with Gasteiger partial charge in [-0.1, -0.05) is 83.1 Å². The number of amides is 12. The van der Waals surface area contributed by atoms with Gasteiger partial charge in [0, 0.05) is 49.3 Å². The van der Waals surface area contributed by atoms with E-state index < -0.39 is 144 Å². The molecule has 1 aliphatic rings. The average molecular weight is 1160 g/mol. The largest absolute Gasteiger partial charge is 0.417 e. The summed E-state index contributed by atoms with van der Waals surface area (Å²) in [6, 6.07) is -17.6. The Bertz CT molecular complexity index is 2230. The SMILES string of the molecule is CC(C)C[C@H]1C(=O)N[C@@H](C)C(=O)N[C@H](C)C(=O)N(C)[C@@H](CC(C)C)C(=O)N(C)[C@@H](CC(C)C)C(=O)N(C)[C@@H](CC(C)C)C(=O)N(C)[C@@H](CO)C(=O)N[C@H](C(F)(F)F)C(=O)N(C)C(=O)N(C)[C@@H](CC(C)C)C(=O)N[C@@H](C(C)C)C(=O)N1C. The molecule has 0 radical (unpaired) electrons. The van der Waals surface area contributed by atoms with Gasteiger partial charge in [-0.2, -0.15) is 13.2 Å². The Balaban J connectivity index is 4.29. The molecule has 1 saturated heterocycles. The third-order valence-corrected chi connectivity index (χ3v) is 14.4. The van der Waals surface area contributed by atoms with Crippen molar-refractivity contribution < 1.29 is 71.0 Å². The third kappa shape index (κ3) is 20.1. The van der Waals surface area contributed by atoms with Gasteiger partial charge >= 0.3 is 12.2 Å². The molecule has 0 bridgehead atoms. The zero-order valence-electron chi connectivity index (χ0n) is 51.7. The summed E-state index contributed by atoms with van der Waals surface area (Å²) in [5.74, 6) is -12.1. The molecule has 1 rings (SSSR count). The van der Waals surface area contributed by atoms with E-state index in [-0.39, 0.29) is 66.6 Å². The van der Waals surface area contributed by atoms with Gasteiger partial charge in [-0.15, -0.1) is 0 Å². The molecule has 12 amide bonds. The Kier molecular flexibility index (Phi) is 28.3. The third-order valence-electron chi connectivity index (χ3n) is 14.4. The predicted molar refractivity (Wildman–Crippen MR) is 297 cm³/mol. The molecule has 23 nitrogen and oxygen atoms in total. The van der Waals surface area contributed by atoms with E-state index in [1.165, 1.54) is 46.9 Å². The van der Waals surface area contributed by atoms with Crippen LogP contribution in [0.2, 0.25) is 0 Å². The number of hydrogen-bond donors (Lipinski definition) is 5. The summed E-state index contributed by atoms with van der Waals surface area (Å²) in [5.41, 5.74) is 0. The Morgan fingerprint density at radius 3 is 1.06 bits per heavy atom. The van der Waals surface area contributed by atoms with Gasteiger partial charge in [0.15, 0.2) is 0 Å². The summed E-state index contributed by atoms with van der Waals surface area (Å²) < 4.78 is 44.9. The van der Waals surface area contributed by atoms with Gasteiger partial charge in [-0.05, 0) is 81.5 Å². The number of hydrogen-bond acceptors (Lipinski definition) is 12. The molecule has 0 aromatic heterocycles. The van der Waals surface area contributed by atoms with E-state index >= 15 is 0 Å². The minimum Gasteiger partial charge on any atom is -0.394 e. The lowest BCUT2D eigenvalue weighted by atomic mass is 9.96. The number of halogens is 3. The smallest absolute Gasteiger partial charge is 0.394 e. The first-order valence-electron chi connectivity index (χ1n) is 27.8. The van der Waals surface area contributed by atoms with Crippen molar-refractivity contribution in [3.05, 3.63) is 0 Å². The standard InChI is InChI=1S/C55H96F3N11O12/c1-28(2)22-36-45(72)59-34(13)44(71)60-35(14)48(75)64(16)38(24-30(5)6)49(76)65(17)39(25-31(7)8)50(77)66(18)40(26-32(9)10)51(78)67(19)41(27-70)47(74)62-43(55(56,57)58)53(80)69(21)54(81)68(20)37(23-29(3)4)46(73)61-42(33(11)12)52(79)63(36)15/h28-43,70H,22-27H2,1-21H3,(H,59,72)(H,60,71)(H,61,73)(H,62,74)/t34-,35+,36-,37-,38-,39-,40-,41-,42-,43-/m0/s1. The highest BCUT2D eigenvalue weighted by atomic mass is 19.4. The fourth-order valence-electron chi connectivity index (χ4n) is 9.49. The maximum atomic E-state index is 15.0. The predicted octanol–water partition coefficient (Wildman–Crippen LogP) is 2.43. The van der Waals surface area contributed by atoms with Crippen molar-refractivity contribution in [1.29, 1.82) is 0 Å². The van der Waals surface area contributed by atoms with Gasteiger partial charge < -0.3 is 55.8 Å². The number of aliphatic hydroxyl groups excluding tert-OH is 1. The molecular weight excluding hydrogens is 1060 g/mol. The number of aliphatic hydroxyl groups is 1. The fraction of sp³-hybridized carbons (Fsp3) is 0.800. The number of nitrogens with zero attached hydrogens (tertiary/aromatic N) is 7. The van der Waals surface area contributed by atoms with E-state index in [2.05, 4.69) is 16.0 Å². The molecule has 1 aliphatic heterocycles. The highest BCUT2D eigenvalue weighted by Gasteiger charge is 2.51. The summed E-state index contributed by atoms with van der Waals surface area (Å²) >= 11 is 0. The first kappa shape index (κ1) is 72.9. The summed E-state index contributed by atoms with van der Waals surface area (Å²) in [5, 5.41) is 20.0. The van der Waals surface area contributed by atoms with Gasteiger partial charge in [0.1, 0.15) is 54.4 Å². The van der Waals surface area contributed by atoms with Gasteiger partial charge in [0.2, 0.25) is 59.2 Å². The molecule has 10 atom stereocenters. The van der Waals surface area contributed by atoms with Gasteiger partial charge in [-0.3, -0.25) is 52.8 Å². The number of rotatable bonds is 12. The van der Waals surface area contributed by atoms with Crippen molar-refractivity contribution in [1.82, 2.24) is 55.6 Å². The van der Waals surface area contributed by atoms with Crippen LogP contribution in [-0.4, -0.2) is 227 Å². The second-order valence-corrected chi connectivity index (χ2v) is 24.1. The maximum absolute atomic E-state index is 15.0. The van der Waals surface area contributed by atoms with Gasteiger partial charge in [-0.25, -0.2) is 4.79 Å². The van der Waals surface area contributed by atoms with Crippen molar-refractivity contribution in [3.8, 4) is 0 Å². The summed E-state index contributed by atoms with van der Waals surface area (Å²) in [7, 11) is 8.12. The van der Waals surface area contributed by atoms with Crippen LogP contribution < -0.4 is 21.3 Å². The van der Waals surface area contributed by atoms with E-state index in [4.69, 9.17) is 0 Å². The van der Waals surface area contributed by atoms with E-state index in [1.807, 2.05) is 13.8 Å². The lowest BCUT2D eigenvalue weighted by Crippen LogP contribution is -2.64. The van der Waals surface area contributed by atoms with E-state index in [9.17, 15) is 71.0 Å². The number of nitrogens with one attached hydrogen (secondary N) is 4. The lowest BCUT2D eigenvalue weighted by Gasteiger charge is -2.40. The van der Waals surface area contributed by atoms with Crippen molar-refractivity contribution >= 4 is 65.1 Å². The highest BCUT2D eigenvalue weighted by molar-refractivity contribution is 6.02. The number of likely N-dealkylation sites (N-methyl/N-ethyl adjacent to an activating group) is 7. The first-order valence-corrected chi connectivity index (χ1v) is 27.8. The Morgan fingerprint density at radius 2 is 0.704 bits per heavy atom. The van der Waals surface area contributed by atoms with Crippen LogP contribution in [-0.2, 0) is 47.9 Å². The quantitative estimate of drug-likeness (QED) is 0.189. The highest BCUT2D eigenvalue weighted by Crippen LogP contribution is 2.26. The summed E-state index contributed by atoms with van der Waals surface area (Å²) in [6.45, 7) is 22.3. The second kappa shape index (κ2) is 31.4. The van der Waals surface area contributed by atoms with E-state index in [1.54, 1.807) is 74.6 Å². The van der Waals surface area contributed by atoms with Crippen LogP contribution in [0.3, 0.4) is 0 Å². The molecule has 0 aromatic rings. The van der Waals surface area contributed by atoms with E-state index in [0.717, 1.165) is 28.8 Å². The van der Waals surface area contributed by atoms with E-state index in [0.29, 0.717) is 16.8 Å². The van der Waals surface area contributed by atoms with Crippen LogP contribution in [0, 0.1) is 35.5 Å². The molecule has 0 unspecified atom stereocenters. The van der Waals surface area contributed by atoms with Crippen molar-refractivity contribution in [3.63, 3.8) is 0 Å². The van der Waals surface area contributed by atoms with Crippen LogP contribution >= 0.6 is 0 Å². The molecule has 1 heterocycles. The molecule has 0 aliphatic carbocycles. The number of carbonyl (C=O) groups excluding carboxylic acids is 11. The Hall–Kier alpha value is -6.08. The van der Waals surface area contributed by atoms with Crippen molar-refractivity contribution in [2.24, 2.45) is 35.5 Å². The molecule has 5 N–H and O–H groups in total. The van der Waals surface area contributed by atoms with Crippen molar-refractivity contribution in [2.75, 3.05) is 55.9 Å². The normalized spacial score (nSPS) is 26.8. The molecule has 81 heavy (non-hydrogen) atoms. The van der Waals surface area contributed by atoms with Crippen LogP contribution in [0.5, 0.6) is 0 Å². The zero-order chi connectivity index (χ0) is 63.2. The molecule has 1 fully saturated rings. The van der Waals surface area contributed by atoms with Gasteiger partial charge in [0.05, 0.1) is 6.61 Å². The molecular formula is C55H96F3N11O12. The van der Waals surface area contributed by atoms with Crippen LogP contribution in [0.15, 0.2) is 0 Å². The maximum Gasteiger partial charge on any atom is 0.417 e. The Morgan fingerprint density at radius 1 is 0.395 bits per heavy atom. The Labute approximate surface area is 477 Å². The zero-order valence-corrected chi connectivity index (χ0v) is 51.7. The fourth-order valence-corrected chi connectivity index (χ4v) is 9.49. The number of carbonyl (C=O) groups is 11. The number of imide groups is 1. The van der Waals surface area contributed by atoms with Crippen LogP contribution in [0.4, 0.5) is 18.0 Å². The molecule has 26 heteroatoms.